The molecule has 2 aromatic carbocycles. The van der Waals surface area contributed by atoms with Crippen LogP contribution >= 0.6 is 0 Å². The number of aliphatic carboxylic acids is 1. The number of Topliss-reactive ketones (excluding diaryl/α,β-unsaturated/α-hetero) is 1. The van der Waals surface area contributed by atoms with Gasteiger partial charge in [0, 0.05) is 11.1 Å². The first-order valence-electron chi connectivity index (χ1n) is 8.42. The van der Waals surface area contributed by atoms with Crippen LogP contribution in [-0.2, 0) is 4.79 Å². The molecule has 0 saturated carbocycles. The molecule has 0 heterocycles. The smallest absolute Gasteiger partial charge is 0.337 e. The molecule has 26 heavy (non-hydrogen) atoms. The van der Waals surface area contributed by atoms with E-state index in [1.807, 2.05) is 0 Å². The van der Waals surface area contributed by atoms with Crippen LogP contribution in [0.25, 0.3) is 0 Å². The van der Waals surface area contributed by atoms with E-state index in [0.717, 1.165) is 0 Å². The lowest BCUT2D eigenvalue weighted by Gasteiger charge is -2.29. The van der Waals surface area contributed by atoms with Gasteiger partial charge in [-0.2, -0.15) is 0 Å². The number of nitrogens with two attached hydrogens (primary N) is 1. The maximum atomic E-state index is 13.0. The molecule has 136 valence electrons. The predicted octanol–water partition coefficient (Wildman–Crippen LogP) is 2.25. The maximum Gasteiger partial charge on any atom is 0.337 e. The van der Waals surface area contributed by atoms with Crippen LogP contribution in [0.4, 0.5) is 0 Å². The zero-order valence-electron chi connectivity index (χ0n) is 14.4. The van der Waals surface area contributed by atoms with Crippen molar-refractivity contribution >= 4 is 17.7 Å². The van der Waals surface area contributed by atoms with Gasteiger partial charge in [0.25, 0.3) is 5.91 Å². The molecule has 0 aliphatic heterocycles. The number of amides is 1. The highest BCUT2D eigenvalue weighted by Gasteiger charge is 2.47. The monoisotopic (exact) mass is 354 g/mol. The number of rotatable bonds is 9. The molecule has 0 spiro atoms. The minimum absolute atomic E-state index is 0.0359. The lowest BCUT2D eigenvalue weighted by Crippen LogP contribution is -2.60. The Morgan fingerprint density at radius 3 is 1.92 bits per heavy atom. The SMILES string of the molecule is NCCCC[C@](NC(=O)c1ccccc1)(C(=O)O)C(=O)c1ccccc1. The van der Waals surface area contributed by atoms with Crippen LogP contribution < -0.4 is 11.1 Å². The summed E-state index contributed by atoms with van der Waals surface area (Å²) in [5.74, 6) is -2.63. The normalized spacial score (nSPS) is 12.8. The van der Waals surface area contributed by atoms with Crippen molar-refractivity contribution in [2.45, 2.75) is 24.8 Å². The number of carbonyl (C=O) groups excluding carboxylic acids is 2. The molecule has 0 aromatic heterocycles. The van der Waals surface area contributed by atoms with E-state index in [1.54, 1.807) is 48.5 Å². The molecule has 1 amide bonds. The number of hydrogen-bond donors (Lipinski definition) is 3. The van der Waals surface area contributed by atoms with Crippen molar-refractivity contribution in [3.05, 3.63) is 71.8 Å². The molecule has 1 atom stereocenters. The van der Waals surface area contributed by atoms with Gasteiger partial charge < -0.3 is 16.2 Å². The quantitative estimate of drug-likeness (QED) is 0.363. The van der Waals surface area contributed by atoms with Crippen molar-refractivity contribution in [1.82, 2.24) is 5.32 Å². The summed E-state index contributed by atoms with van der Waals surface area (Å²) < 4.78 is 0. The molecule has 0 fully saturated rings. The van der Waals surface area contributed by atoms with Gasteiger partial charge in [-0.15, -0.1) is 0 Å². The summed E-state index contributed by atoms with van der Waals surface area (Å²) in [5, 5.41) is 12.4. The Kier molecular flexibility index (Phi) is 6.63. The third kappa shape index (κ3) is 4.34. The Bertz CT molecular complexity index is 762. The van der Waals surface area contributed by atoms with Gasteiger partial charge in [0.05, 0.1) is 0 Å². The second kappa shape index (κ2) is 8.92. The Morgan fingerprint density at radius 1 is 0.885 bits per heavy atom. The number of carboxylic acids is 1. The number of ketones is 1. The Balaban J connectivity index is 2.40. The van der Waals surface area contributed by atoms with Crippen molar-refractivity contribution in [3.8, 4) is 0 Å². The van der Waals surface area contributed by atoms with E-state index in [1.165, 1.54) is 12.1 Å². The van der Waals surface area contributed by atoms with Crippen LogP contribution in [0.1, 0.15) is 40.0 Å². The Hall–Kier alpha value is -2.99. The standard InChI is InChI=1S/C20H22N2O4/c21-14-8-7-13-20(19(25)26,17(23)15-9-3-1-4-10-15)22-18(24)16-11-5-2-6-12-16/h1-6,9-12H,7-8,13-14,21H2,(H,22,24)(H,25,26)/t20-/m1/s1. The molecule has 0 radical (unpaired) electrons. The molecular formula is C20H22N2O4. The van der Waals surface area contributed by atoms with E-state index < -0.39 is 23.2 Å². The number of benzene rings is 2. The number of carboxylic acid groups (broad SMARTS) is 1. The summed E-state index contributed by atoms with van der Waals surface area (Å²) in [6.07, 6.45) is 0.917. The van der Waals surface area contributed by atoms with Crippen LogP contribution in [0, 0.1) is 0 Å². The highest BCUT2D eigenvalue weighted by molar-refractivity contribution is 6.18. The third-order valence-corrected chi connectivity index (χ3v) is 4.16. The maximum absolute atomic E-state index is 13.0. The molecule has 4 N–H and O–H groups in total. The van der Waals surface area contributed by atoms with Crippen LogP contribution in [0.15, 0.2) is 60.7 Å². The molecule has 2 rings (SSSR count). The second-order valence-corrected chi connectivity index (χ2v) is 5.97. The van der Waals surface area contributed by atoms with E-state index in [-0.39, 0.29) is 17.5 Å². The van der Waals surface area contributed by atoms with E-state index in [2.05, 4.69) is 5.32 Å². The predicted molar refractivity (Wildman–Crippen MR) is 98.0 cm³/mol. The van der Waals surface area contributed by atoms with Crippen LogP contribution in [0.5, 0.6) is 0 Å². The van der Waals surface area contributed by atoms with Crippen LogP contribution in [0.3, 0.4) is 0 Å². The van der Waals surface area contributed by atoms with Crippen molar-refractivity contribution in [1.29, 1.82) is 0 Å². The Morgan fingerprint density at radius 2 is 1.42 bits per heavy atom. The summed E-state index contributed by atoms with van der Waals surface area (Å²) in [7, 11) is 0. The molecule has 6 nitrogen and oxygen atoms in total. The summed E-state index contributed by atoms with van der Waals surface area (Å²) in [6.45, 7) is 0.377. The highest BCUT2D eigenvalue weighted by atomic mass is 16.4. The van der Waals surface area contributed by atoms with Gasteiger partial charge in [-0.25, -0.2) is 4.79 Å². The fourth-order valence-corrected chi connectivity index (χ4v) is 2.72. The van der Waals surface area contributed by atoms with E-state index >= 15 is 0 Å². The average molecular weight is 354 g/mol. The molecule has 6 heteroatoms. The molecular weight excluding hydrogens is 332 g/mol. The topological polar surface area (TPSA) is 109 Å². The lowest BCUT2D eigenvalue weighted by molar-refractivity contribution is -0.142. The van der Waals surface area contributed by atoms with E-state index in [4.69, 9.17) is 5.73 Å². The van der Waals surface area contributed by atoms with Crippen LogP contribution in [0.2, 0.25) is 0 Å². The highest BCUT2D eigenvalue weighted by Crippen LogP contribution is 2.22. The van der Waals surface area contributed by atoms with Crippen molar-refractivity contribution in [2.24, 2.45) is 5.73 Å². The van der Waals surface area contributed by atoms with Gasteiger partial charge in [0.15, 0.2) is 5.78 Å². The summed E-state index contributed by atoms with van der Waals surface area (Å²) >= 11 is 0. The number of carbonyl (C=O) groups is 3. The van der Waals surface area contributed by atoms with Crippen molar-refractivity contribution < 1.29 is 19.5 Å². The number of hydrogen-bond acceptors (Lipinski definition) is 4. The average Bonchev–Trinajstić information content (AvgIpc) is 2.67. The zero-order chi connectivity index (χ0) is 19.0. The third-order valence-electron chi connectivity index (χ3n) is 4.16. The first kappa shape index (κ1) is 19.3. The van der Waals surface area contributed by atoms with Gasteiger partial charge in [-0.1, -0.05) is 48.5 Å². The van der Waals surface area contributed by atoms with E-state index in [9.17, 15) is 19.5 Å². The first-order chi connectivity index (χ1) is 12.5. The van der Waals surface area contributed by atoms with Gasteiger partial charge >= 0.3 is 5.97 Å². The summed E-state index contributed by atoms with van der Waals surface area (Å²) in [5.41, 5.74) is 3.98. The Labute approximate surface area is 152 Å². The van der Waals surface area contributed by atoms with Gasteiger partial charge in [0.2, 0.25) is 5.54 Å². The lowest BCUT2D eigenvalue weighted by atomic mass is 9.84. The first-order valence-corrected chi connectivity index (χ1v) is 8.42. The van der Waals surface area contributed by atoms with Crippen molar-refractivity contribution in [3.63, 3.8) is 0 Å². The fraction of sp³-hybridized carbons (Fsp3) is 0.250. The molecule has 0 bridgehead atoms. The fourth-order valence-electron chi connectivity index (χ4n) is 2.72. The zero-order valence-corrected chi connectivity index (χ0v) is 14.4. The number of unbranched alkanes of at least 4 members (excludes halogenated alkanes) is 1. The van der Waals surface area contributed by atoms with Gasteiger partial charge in [-0.3, -0.25) is 9.59 Å². The summed E-state index contributed by atoms with van der Waals surface area (Å²) in [4.78, 5) is 37.8. The molecule has 0 unspecified atom stereocenters. The molecule has 0 aliphatic rings. The molecule has 0 saturated heterocycles. The van der Waals surface area contributed by atoms with Crippen LogP contribution in [-0.4, -0.2) is 34.8 Å². The van der Waals surface area contributed by atoms with Gasteiger partial charge in [0.1, 0.15) is 0 Å². The number of nitrogens with one attached hydrogen (secondary N) is 1. The molecule has 0 aliphatic carbocycles. The largest absolute Gasteiger partial charge is 0.479 e. The van der Waals surface area contributed by atoms with Crippen molar-refractivity contribution in [2.75, 3.05) is 6.54 Å². The van der Waals surface area contributed by atoms with Gasteiger partial charge in [-0.05, 0) is 37.9 Å². The molecule has 2 aromatic rings. The minimum Gasteiger partial charge on any atom is -0.479 e. The summed E-state index contributed by atoms with van der Waals surface area (Å²) in [6, 6.07) is 16.3. The van der Waals surface area contributed by atoms with E-state index in [0.29, 0.717) is 19.4 Å². The second-order valence-electron chi connectivity index (χ2n) is 5.97. The minimum atomic E-state index is -2.04.